The minimum atomic E-state index is -0.428. The van der Waals surface area contributed by atoms with Crippen molar-refractivity contribution in [3.63, 3.8) is 0 Å². The Balaban J connectivity index is 1.50. The zero-order chi connectivity index (χ0) is 19.6. The molecule has 0 aromatic heterocycles. The maximum Gasteiger partial charge on any atom is 0.222 e. The molecule has 6 heteroatoms. The fourth-order valence-electron chi connectivity index (χ4n) is 3.06. The number of halogens is 1. The quantitative estimate of drug-likeness (QED) is 0.633. The number of carbonyl (C=O) groups excluding carboxylic acids is 1. The average Bonchev–Trinajstić information content (AvgIpc) is 3.24. The van der Waals surface area contributed by atoms with E-state index in [1.54, 1.807) is 18.2 Å². The van der Waals surface area contributed by atoms with Gasteiger partial charge in [0.05, 0.1) is 25.4 Å². The van der Waals surface area contributed by atoms with Crippen LogP contribution >= 0.6 is 0 Å². The summed E-state index contributed by atoms with van der Waals surface area (Å²) in [5, 5.41) is 2.95. The van der Waals surface area contributed by atoms with E-state index in [9.17, 15) is 9.18 Å². The first-order valence-electron chi connectivity index (χ1n) is 9.63. The molecule has 3 rings (SSSR count). The highest BCUT2D eigenvalue weighted by Crippen LogP contribution is 2.19. The van der Waals surface area contributed by atoms with Crippen LogP contribution in [0.2, 0.25) is 0 Å². The van der Waals surface area contributed by atoms with Crippen molar-refractivity contribution in [3.8, 4) is 5.75 Å². The molecular formula is C22H26FNO4. The first-order chi connectivity index (χ1) is 13.7. The van der Waals surface area contributed by atoms with Gasteiger partial charge in [-0.25, -0.2) is 4.39 Å². The van der Waals surface area contributed by atoms with Crippen LogP contribution in [0.4, 0.5) is 4.39 Å². The SMILES string of the molecule is O=C(CCOCC1CCCO1)NC(COc1ccccc1F)c1ccccc1. The van der Waals surface area contributed by atoms with Crippen molar-refractivity contribution in [2.24, 2.45) is 0 Å². The molecule has 0 saturated carbocycles. The number of hydrogen-bond acceptors (Lipinski definition) is 4. The van der Waals surface area contributed by atoms with Gasteiger partial charge < -0.3 is 19.5 Å². The lowest BCUT2D eigenvalue weighted by molar-refractivity contribution is -0.123. The second kappa shape index (κ2) is 10.8. The normalized spacial score (nSPS) is 17.2. The number of carbonyl (C=O) groups is 1. The number of benzene rings is 2. The van der Waals surface area contributed by atoms with Crippen molar-refractivity contribution in [2.45, 2.75) is 31.4 Å². The summed E-state index contributed by atoms with van der Waals surface area (Å²) in [4.78, 5) is 12.3. The molecule has 0 radical (unpaired) electrons. The van der Waals surface area contributed by atoms with Crippen LogP contribution in [0.5, 0.6) is 5.75 Å². The van der Waals surface area contributed by atoms with Crippen LogP contribution in [-0.4, -0.2) is 38.4 Å². The topological polar surface area (TPSA) is 56.8 Å². The fourth-order valence-corrected chi connectivity index (χ4v) is 3.06. The summed E-state index contributed by atoms with van der Waals surface area (Å²) in [5.41, 5.74) is 0.896. The first kappa shape index (κ1) is 20.3. The van der Waals surface area contributed by atoms with Crippen LogP contribution in [0.15, 0.2) is 54.6 Å². The van der Waals surface area contributed by atoms with Crippen LogP contribution < -0.4 is 10.1 Å². The van der Waals surface area contributed by atoms with E-state index in [-0.39, 0.29) is 36.8 Å². The highest BCUT2D eigenvalue weighted by Gasteiger charge is 2.18. The molecule has 1 aliphatic rings. The summed E-state index contributed by atoms with van der Waals surface area (Å²) in [6, 6.07) is 15.3. The molecule has 28 heavy (non-hydrogen) atoms. The molecule has 1 saturated heterocycles. The monoisotopic (exact) mass is 387 g/mol. The van der Waals surface area contributed by atoms with E-state index in [1.807, 2.05) is 30.3 Å². The van der Waals surface area contributed by atoms with Gasteiger partial charge in [-0.2, -0.15) is 0 Å². The maximum atomic E-state index is 13.8. The lowest BCUT2D eigenvalue weighted by Gasteiger charge is -2.20. The van der Waals surface area contributed by atoms with Crippen LogP contribution in [0.1, 0.15) is 30.9 Å². The molecule has 1 heterocycles. The third-order valence-corrected chi connectivity index (χ3v) is 4.58. The zero-order valence-electron chi connectivity index (χ0n) is 15.8. The Morgan fingerprint density at radius 2 is 1.96 bits per heavy atom. The molecule has 0 bridgehead atoms. The number of amides is 1. The van der Waals surface area contributed by atoms with E-state index in [0.29, 0.717) is 13.2 Å². The predicted octanol–water partition coefficient (Wildman–Crippen LogP) is 3.65. The standard InChI is InChI=1S/C22H26FNO4/c23-19-10-4-5-11-21(19)28-16-20(17-7-2-1-3-8-17)24-22(25)12-14-26-15-18-9-6-13-27-18/h1-5,7-8,10-11,18,20H,6,9,12-16H2,(H,24,25). The second-order valence-electron chi connectivity index (χ2n) is 6.73. The Kier molecular flexibility index (Phi) is 7.82. The van der Waals surface area contributed by atoms with E-state index >= 15 is 0 Å². The number of rotatable bonds is 10. The van der Waals surface area contributed by atoms with Gasteiger partial charge in [-0.15, -0.1) is 0 Å². The van der Waals surface area contributed by atoms with Gasteiger partial charge in [-0.3, -0.25) is 4.79 Å². The Labute approximate surface area is 164 Å². The van der Waals surface area contributed by atoms with Crippen LogP contribution in [0.25, 0.3) is 0 Å². The molecule has 1 aliphatic heterocycles. The summed E-state index contributed by atoms with van der Waals surface area (Å²) in [7, 11) is 0. The summed E-state index contributed by atoms with van der Waals surface area (Å²) >= 11 is 0. The van der Waals surface area contributed by atoms with Crippen molar-refractivity contribution >= 4 is 5.91 Å². The summed E-state index contributed by atoms with van der Waals surface area (Å²) < 4.78 is 30.5. The van der Waals surface area contributed by atoms with E-state index in [2.05, 4.69) is 5.32 Å². The van der Waals surface area contributed by atoms with Crippen molar-refractivity contribution in [3.05, 3.63) is 66.0 Å². The summed E-state index contributed by atoms with van der Waals surface area (Å²) in [6.07, 6.45) is 2.47. The Morgan fingerprint density at radius 3 is 2.71 bits per heavy atom. The Hall–Kier alpha value is -2.44. The summed E-state index contributed by atoms with van der Waals surface area (Å²) in [6.45, 7) is 1.77. The van der Waals surface area contributed by atoms with Gasteiger partial charge in [0.2, 0.25) is 5.91 Å². The third kappa shape index (κ3) is 6.32. The Bertz CT molecular complexity index is 734. The average molecular weight is 387 g/mol. The molecule has 0 spiro atoms. The molecule has 2 aromatic rings. The molecule has 1 N–H and O–H groups in total. The van der Waals surface area contributed by atoms with Crippen molar-refractivity contribution in [1.29, 1.82) is 0 Å². The van der Waals surface area contributed by atoms with E-state index < -0.39 is 5.82 Å². The molecule has 5 nitrogen and oxygen atoms in total. The third-order valence-electron chi connectivity index (χ3n) is 4.58. The molecule has 2 aromatic carbocycles. The van der Waals surface area contributed by atoms with Crippen molar-refractivity contribution < 1.29 is 23.4 Å². The van der Waals surface area contributed by atoms with E-state index in [4.69, 9.17) is 14.2 Å². The smallest absolute Gasteiger partial charge is 0.222 e. The predicted molar refractivity (Wildman–Crippen MR) is 104 cm³/mol. The van der Waals surface area contributed by atoms with Gasteiger partial charge in [0.1, 0.15) is 6.61 Å². The van der Waals surface area contributed by atoms with Crippen molar-refractivity contribution in [2.75, 3.05) is 26.4 Å². The van der Waals surface area contributed by atoms with E-state index in [0.717, 1.165) is 25.0 Å². The molecular weight excluding hydrogens is 361 g/mol. The molecule has 2 unspecified atom stereocenters. The second-order valence-corrected chi connectivity index (χ2v) is 6.73. The number of para-hydroxylation sites is 1. The van der Waals surface area contributed by atoms with Crippen LogP contribution in [-0.2, 0) is 14.3 Å². The molecule has 150 valence electrons. The molecule has 1 fully saturated rings. The van der Waals surface area contributed by atoms with Crippen molar-refractivity contribution in [1.82, 2.24) is 5.32 Å². The van der Waals surface area contributed by atoms with Gasteiger partial charge in [0.15, 0.2) is 11.6 Å². The van der Waals surface area contributed by atoms with Gasteiger partial charge in [0.25, 0.3) is 0 Å². The highest BCUT2D eigenvalue weighted by molar-refractivity contribution is 5.76. The first-order valence-corrected chi connectivity index (χ1v) is 9.63. The molecule has 0 aliphatic carbocycles. The largest absolute Gasteiger partial charge is 0.488 e. The van der Waals surface area contributed by atoms with Gasteiger partial charge in [-0.05, 0) is 30.5 Å². The lowest BCUT2D eigenvalue weighted by Crippen LogP contribution is -2.33. The minimum absolute atomic E-state index is 0.132. The van der Waals surface area contributed by atoms with Gasteiger partial charge in [-0.1, -0.05) is 42.5 Å². The van der Waals surface area contributed by atoms with Crippen LogP contribution in [0, 0.1) is 5.82 Å². The zero-order valence-corrected chi connectivity index (χ0v) is 15.8. The summed E-state index contributed by atoms with van der Waals surface area (Å²) in [5.74, 6) is -0.404. The lowest BCUT2D eigenvalue weighted by atomic mass is 10.1. The minimum Gasteiger partial charge on any atom is -0.488 e. The van der Waals surface area contributed by atoms with E-state index in [1.165, 1.54) is 6.07 Å². The highest BCUT2D eigenvalue weighted by atomic mass is 19.1. The molecule has 1 amide bonds. The fraction of sp³-hybridized carbons (Fsp3) is 0.409. The van der Waals surface area contributed by atoms with Gasteiger partial charge >= 0.3 is 0 Å². The van der Waals surface area contributed by atoms with Gasteiger partial charge in [0, 0.05) is 13.0 Å². The Morgan fingerprint density at radius 1 is 1.18 bits per heavy atom. The number of ether oxygens (including phenoxy) is 3. The number of nitrogens with one attached hydrogen (secondary N) is 1. The maximum absolute atomic E-state index is 13.8. The number of hydrogen-bond donors (Lipinski definition) is 1. The van der Waals surface area contributed by atoms with Crippen LogP contribution in [0.3, 0.4) is 0 Å². The molecule has 2 atom stereocenters.